The molecule has 23 heavy (non-hydrogen) atoms. The summed E-state index contributed by atoms with van der Waals surface area (Å²) in [5.74, 6) is -0.0697. The van der Waals surface area contributed by atoms with Crippen LogP contribution in [0.1, 0.15) is 10.4 Å². The highest BCUT2D eigenvalue weighted by molar-refractivity contribution is 9.10. The number of hydrogen-bond acceptors (Lipinski definition) is 1. The summed E-state index contributed by atoms with van der Waals surface area (Å²) in [6.07, 6.45) is 1.79. The molecule has 0 saturated heterocycles. The molecule has 0 aliphatic rings. The van der Waals surface area contributed by atoms with Crippen LogP contribution in [0.3, 0.4) is 0 Å². The van der Waals surface area contributed by atoms with Crippen molar-refractivity contribution in [1.82, 2.24) is 4.57 Å². The van der Waals surface area contributed by atoms with E-state index in [1.54, 1.807) is 10.8 Å². The lowest BCUT2D eigenvalue weighted by Crippen LogP contribution is -2.11. The van der Waals surface area contributed by atoms with E-state index in [4.69, 9.17) is 11.6 Å². The number of carbonyl (C=O) groups is 1. The van der Waals surface area contributed by atoms with E-state index in [2.05, 4.69) is 15.9 Å². The van der Waals surface area contributed by atoms with Crippen molar-refractivity contribution in [2.24, 2.45) is 0 Å². The summed E-state index contributed by atoms with van der Waals surface area (Å²) in [7, 11) is 0. The van der Waals surface area contributed by atoms with Crippen molar-refractivity contribution < 1.29 is 4.79 Å². The minimum absolute atomic E-state index is 0.0697. The van der Waals surface area contributed by atoms with Gasteiger partial charge >= 0.3 is 0 Å². The normalized spacial score (nSPS) is 11.2. The summed E-state index contributed by atoms with van der Waals surface area (Å²) < 4.78 is 2.56. The highest BCUT2D eigenvalue weighted by Crippen LogP contribution is 2.29. The molecule has 1 heterocycles. The molecule has 0 aliphatic heterocycles. The molecule has 0 atom stereocenters. The molecule has 0 amide bonds. The van der Waals surface area contributed by atoms with Gasteiger partial charge in [-0.15, -0.1) is 0 Å². The molecule has 0 fully saturated rings. The lowest BCUT2D eigenvalue weighted by molar-refractivity contribution is 0.0966. The Bertz CT molecular complexity index is 1060. The molecule has 0 N–H and O–H groups in total. The molecule has 2 nitrogen and oxygen atoms in total. The van der Waals surface area contributed by atoms with Crippen molar-refractivity contribution in [2.45, 2.75) is 0 Å². The van der Waals surface area contributed by atoms with Gasteiger partial charge in [0.1, 0.15) is 0 Å². The van der Waals surface area contributed by atoms with Gasteiger partial charge in [0.15, 0.2) is 0 Å². The van der Waals surface area contributed by atoms with Gasteiger partial charge in [-0.05, 0) is 35.7 Å². The Labute approximate surface area is 146 Å². The first kappa shape index (κ1) is 14.5. The van der Waals surface area contributed by atoms with Crippen molar-refractivity contribution in [3.63, 3.8) is 0 Å². The van der Waals surface area contributed by atoms with E-state index in [-0.39, 0.29) is 5.91 Å². The monoisotopic (exact) mass is 383 g/mol. The number of aromatic nitrogens is 1. The maximum Gasteiger partial charge on any atom is 0.263 e. The summed E-state index contributed by atoms with van der Waals surface area (Å²) in [6, 6.07) is 19.1. The van der Waals surface area contributed by atoms with Crippen LogP contribution in [0.15, 0.2) is 71.3 Å². The maximum absolute atomic E-state index is 13.1. The summed E-state index contributed by atoms with van der Waals surface area (Å²) in [5, 5.41) is 3.55. The number of fused-ring (bicyclic) bond motifs is 2. The van der Waals surface area contributed by atoms with Gasteiger partial charge < -0.3 is 0 Å². The molecule has 0 unspecified atom stereocenters. The smallest absolute Gasteiger partial charge is 0.263 e. The Kier molecular flexibility index (Phi) is 3.47. The van der Waals surface area contributed by atoms with Crippen molar-refractivity contribution in [2.75, 3.05) is 0 Å². The molecule has 0 radical (unpaired) electrons. The first-order valence-electron chi connectivity index (χ1n) is 7.14. The number of halogens is 2. The fourth-order valence-electron chi connectivity index (χ4n) is 2.88. The Morgan fingerprint density at radius 1 is 0.957 bits per heavy atom. The third kappa shape index (κ3) is 2.37. The Morgan fingerprint density at radius 3 is 2.57 bits per heavy atom. The zero-order valence-electron chi connectivity index (χ0n) is 12.0. The molecular formula is C19H11BrClNO. The van der Waals surface area contributed by atoms with Crippen molar-refractivity contribution >= 4 is 55.1 Å². The molecular weight excluding hydrogens is 374 g/mol. The maximum atomic E-state index is 13.1. The Balaban J connectivity index is 1.97. The summed E-state index contributed by atoms with van der Waals surface area (Å²) in [4.78, 5) is 13.1. The van der Waals surface area contributed by atoms with Crippen LogP contribution >= 0.6 is 27.5 Å². The summed E-state index contributed by atoms with van der Waals surface area (Å²) in [6.45, 7) is 0. The van der Waals surface area contributed by atoms with Crippen LogP contribution in [-0.2, 0) is 0 Å². The van der Waals surface area contributed by atoms with Crippen molar-refractivity contribution in [3.8, 4) is 0 Å². The van der Waals surface area contributed by atoms with E-state index < -0.39 is 0 Å². The molecule has 1 aromatic heterocycles. The van der Waals surface area contributed by atoms with E-state index in [0.29, 0.717) is 10.6 Å². The van der Waals surface area contributed by atoms with E-state index in [1.807, 2.05) is 60.7 Å². The van der Waals surface area contributed by atoms with Gasteiger partial charge in [-0.3, -0.25) is 9.36 Å². The van der Waals surface area contributed by atoms with Gasteiger partial charge in [0, 0.05) is 32.0 Å². The van der Waals surface area contributed by atoms with Crippen LogP contribution in [0.25, 0.3) is 21.7 Å². The molecule has 112 valence electrons. The second kappa shape index (κ2) is 5.52. The quantitative estimate of drug-likeness (QED) is 0.400. The fraction of sp³-hybridized carbons (Fsp3) is 0. The van der Waals surface area contributed by atoms with Gasteiger partial charge in [-0.25, -0.2) is 0 Å². The van der Waals surface area contributed by atoms with E-state index in [1.165, 1.54) is 0 Å². The SMILES string of the molecule is O=C(c1cccc2cccc(Br)c12)n1ccc2ccc(Cl)cc21. The van der Waals surface area contributed by atoms with E-state index in [9.17, 15) is 4.79 Å². The lowest BCUT2D eigenvalue weighted by Gasteiger charge is -2.09. The molecule has 0 spiro atoms. The minimum atomic E-state index is -0.0697. The molecule has 3 aromatic carbocycles. The van der Waals surface area contributed by atoms with Crippen molar-refractivity contribution in [1.29, 1.82) is 0 Å². The number of benzene rings is 3. The van der Waals surface area contributed by atoms with Crippen LogP contribution in [0.2, 0.25) is 5.02 Å². The lowest BCUT2D eigenvalue weighted by atomic mass is 10.0. The predicted octanol–water partition coefficient (Wildman–Crippen LogP) is 5.90. The molecule has 0 bridgehead atoms. The van der Waals surface area contributed by atoms with Gasteiger partial charge in [0.2, 0.25) is 0 Å². The third-order valence-corrected chi connectivity index (χ3v) is 4.85. The first-order chi connectivity index (χ1) is 11.1. The number of nitrogens with zero attached hydrogens (tertiary/aromatic N) is 1. The Hall–Kier alpha value is -2.10. The zero-order chi connectivity index (χ0) is 16.0. The zero-order valence-corrected chi connectivity index (χ0v) is 14.3. The van der Waals surface area contributed by atoms with Crippen LogP contribution in [0.5, 0.6) is 0 Å². The highest BCUT2D eigenvalue weighted by atomic mass is 79.9. The van der Waals surface area contributed by atoms with Crippen LogP contribution in [-0.4, -0.2) is 10.5 Å². The molecule has 4 heteroatoms. The highest BCUT2D eigenvalue weighted by Gasteiger charge is 2.16. The summed E-state index contributed by atoms with van der Waals surface area (Å²) >= 11 is 9.64. The second-order valence-electron chi connectivity index (χ2n) is 5.34. The number of carbonyl (C=O) groups excluding carboxylic acids is 1. The van der Waals surface area contributed by atoms with E-state index >= 15 is 0 Å². The van der Waals surface area contributed by atoms with E-state index in [0.717, 1.165) is 26.1 Å². The van der Waals surface area contributed by atoms with Gasteiger partial charge in [-0.2, -0.15) is 0 Å². The fourth-order valence-corrected chi connectivity index (χ4v) is 3.64. The van der Waals surface area contributed by atoms with Crippen LogP contribution in [0, 0.1) is 0 Å². The first-order valence-corrected chi connectivity index (χ1v) is 8.31. The van der Waals surface area contributed by atoms with Crippen LogP contribution in [0.4, 0.5) is 0 Å². The number of rotatable bonds is 1. The van der Waals surface area contributed by atoms with Gasteiger partial charge in [-0.1, -0.05) is 57.9 Å². The number of hydrogen-bond donors (Lipinski definition) is 0. The minimum Gasteiger partial charge on any atom is -0.283 e. The molecule has 4 rings (SSSR count). The molecule has 4 aromatic rings. The van der Waals surface area contributed by atoms with Crippen molar-refractivity contribution in [3.05, 3.63) is 81.9 Å². The molecule has 0 aliphatic carbocycles. The van der Waals surface area contributed by atoms with Gasteiger partial charge in [0.05, 0.1) is 5.52 Å². The average molecular weight is 385 g/mol. The topological polar surface area (TPSA) is 22.0 Å². The third-order valence-electron chi connectivity index (χ3n) is 3.96. The Morgan fingerprint density at radius 2 is 1.74 bits per heavy atom. The average Bonchev–Trinajstić information content (AvgIpc) is 2.97. The standard InChI is InChI=1S/C19H11BrClNO/c20-16-6-2-4-13-3-1-5-15(18(13)16)19(23)22-10-9-12-7-8-14(21)11-17(12)22/h1-11H. The van der Waals surface area contributed by atoms with Crippen LogP contribution < -0.4 is 0 Å². The second-order valence-corrected chi connectivity index (χ2v) is 6.63. The predicted molar refractivity (Wildman–Crippen MR) is 98.3 cm³/mol. The van der Waals surface area contributed by atoms with Gasteiger partial charge in [0.25, 0.3) is 5.91 Å². The molecule has 0 saturated carbocycles. The largest absolute Gasteiger partial charge is 0.283 e. The summed E-state index contributed by atoms with van der Waals surface area (Å²) in [5.41, 5.74) is 1.47.